The summed E-state index contributed by atoms with van der Waals surface area (Å²) in [6, 6.07) is 7.47. The van der Waals surface area contributed by atoms with E-state index >= 15 is 0 Å². The molecular formula is C24H28N2O11S4. The van der Waals surface area contributed by atoms with Gasteiger partial charge in [-0.15, -0.1) is 0 Å². The molecule has 3 rings (SSSR count). The Morgan fingerprint density at radius 2 is 1.24 bits per heavy atom. The van der Waals surface area contributed by atoms with Gasteiger partial charge in [0.2, 0.25) is 5.43 Å². The number of benzene rings is 2. The van der Waals surface area contributed by atoms with Crippen molar-refractivity contribution in [3.8, 4) is 5.75 Å². The summed E-state index contributed by atoms with van der Waals surface area (Å²) in [6.07, 6.45) is 3.37. The minimum absolute atomic E-state index is 0.132. The molecule has 0 radical (unpaired) electrons. The minimum Gasteiger partial charge on any atom is -0.507 e. The highest BCUT2D eigenvalue weighted by Crippen LogP contribution is 2.47. The van der Waals surface area contributed by atoms with E-state index in [2.05, 4.69) is 10.3 Å². The Hall–Kier alpha value is -3.28. The van der Waals surface area contributed by atoms with Gasteiger partial charge in [-0.25, -0.2) is 33.7 Å². The first-order chi connectivity index (χ1) is 18.4. The van der Waals surface area contributed by atoms with E-state index in [-0.39, 0.29) is 5.39 Å². The standard InChI is InChI=1S/C24H28N2O11S4/c1-23(38(3,30)31,39(4,32)33)16-11-17(24(2,40(5,34)35)41(6,36)37)20(27)12-19(16)26-22(29)15-13-25-18-10-8-7-9-14(18)21(15)28/h7-13,27H,1-6H3,(H,25,28)(H,26,29). The van der Waals surface area contributed by atoms with Crippen molar-refractivity contribution >= 4 is 61.8 Å². The molecule has 1 heterocycles. The zero-order valence-electron chi connectivity index (χ0n) is 22.7. The number of hydrogen-bond donors (Lipinski definition) is 3. The number of anilines is 1. The smallest absolute Gasteiger partial charge is 0.261 e. The maximum atomic E-state index is 13.3. The molecule has 1 amide bonds. The van der Waals surface area contributed by atoms with Crippen LogP contribution in [0.3, 0.4) is 0 Å². The van der Waals surface area contributed by atoms with Gasteiger partial charge in [-0.05, 0) is 32.0 Å². The summed E-state index contributed by atoms with van der Waals surface area (Å²) >= 11 is 0. The first-order valence-corrected chi connectivity index (χ1v) is 19.0. The van der Waals surface area contributed by atoms with Crippen molar-refractivity contribution in [3.63, 3.8) is 0 Å². The Balaban J connectivity index is 2.46. The third-order valence-corrected chi connectivity index (χ3v) is 17.4. The number of aromatic hydroxyl groups is 1. The van der Waals surface area contributed by atoms with Crippen LogP contribution in [0.1, 0.15) is 35.3 Å². The average molecular weight is 649 g/mol. The fourth-order valence-corrected chi connectivity index (χ4v) is 11.0. The van der Waals surface area contributed by atoms with Crippen LogP contribution in [-0.4, -0.2) is 74.7 Å². The maximum Gasteiger partial charge on any atom is 0.261 e. The van der Waals surface area contributed by atoms with Crippen molar-refractivity contribution in [1.82, 2.24) is 4.98 Å². The molecule has 0 aliphatic carbocycles. The van der Waals surface area contributed by atoms with Gasteiger partial charge >= 0.3 is 0 Å². The molecule has 0 fully saturated rings. The van der Waals surface area contributed by atoms with Crippen LogP contribution < -0.4 is 10.7 Å². The molecule has 0 atom stereocenters. The van der Waals surface area contributed by atoms with Crippen molar-refractivity contribution in [2.24, 2.45) is 0 Å². The lowest BCUT2D eigenvalue weighted by atomic mass is 10.0. The monoisotopic (exact) mass is 648 g/mol. The molecule has 1 aromatic heterocycles. The second kappa shape index (κ2) is 9.92. The molecule has 0 bridgehead atoms. The van der Waals surface area contributed by atoms with E-state index in [1.165, 1.54) is 6.07 Å². The summed E-state index contributed by atoms with van der Waals surface area (Å²) in [5.41, 5.74) is -3.03. The third-order valence-electron chi connectivity index (χ3n) is 7.23. The molecule has 224 valence electrons. The van der Waals surface area contributed by atoms with E-state index in [1.807, 2.05) is 0 Å². The Kier molecular flexibility index (Phi) is 7.80. The number of para-hydroxylation sites is 1. The number of rotatable bonds is 8. The number of nitrogens with one attached hydrogen (secondary N) is 2. The predicted molar refractivity (Wildman–Crippen MR) is 155 cm³/mol. The highest BCUT2D eigenvalue weighted by atomic mass is 32.3. The maximum absolute atomic E-state index is 13.3. The highest BCUT2D eigenvalue weighted by Gasteiger charge is 2.53. The first-order valence-electron chi connectivity index (χ1n) is 11.5. The quantitative estimate of drug-likeness (QED) is 0.313. The number of phenolic OH excluding ortho intramolecular Hbond substituents is 1. The molecule has 3 aromatic rings. The molecule has 0 saturated carbocycles. The number of carbonyl (C=O) groups excluding carboxylic acids is 1. The van der Waals surface area contributed by atoms with Crippen molar-refractivity contribution in [1.29, 1.82) is 0 Å². The third kappa shape index (κ3) is 5.15. The van der Waals surface area contributed by atoms with Crippen LogP contribution in [0, 0.1) is 0 Å². The van der Waals surface area contributed by atoms with Crippen molar-refractivity contribution in [2.45, 2.75) is 22.0 Å². The molecule has 0 aliphatic rings. The largest absolute Gasteiger partial charge is 0.507 e. The van der Waals surface area contributed by atoms with E-state index in [0.717, 1.165) is 20.0 Å². The van der Waals surface area contributed by atoms with Gasteiger partial charge in [0.05, 0.1) is 5.69 Å². The van der Waals surface area contributed by atoms with Crippen LogP contribution in [0.25, 0.3) is 10.9 Å². The SMILES string of the molecule is CC(c1cc(C(C)(S(C)(=O)=O)S(C)(=O)=O)c(NC(=O)c2c[nH]c3ccccc3c2=O)cc1O)(S(C)(=O)=O)S(C)(=O)=O. The Bertz CT molecular complexity index is 2030. The Morgan fingerprint density at radius 1 is 0.780 bits per heavy atom. The van der Waals surface area contributed by atoms with Crippen molar-refractivity contribution in [3.05, 3.63) is 69.5 Å². The van der Waals surface area contributed by atoms with E-state index < -0.39 is 87.0 Å². The van der Waals surface area contributed by atoms with Crippen LogP contribution in [0.5, 0.6) is 5.75 Å². The van der Waals surface area contributed by atoms with Crippen LogP contribution in [-0.2, 0) is 47.5 Å². The second-order valence-corrected chi connectivity index (χ2v) is 19.9. The summed E-state index contributed by atoms with van der Waals surface area (Å²) < 4.78 is 97.3. The second-order valence-electron chi connectivity index (χ2n) is 9.93. The average Bonchev–Trinajstić information content (AvgIpc) is 2.80. The van der Waals surface area contributed by atoms with Crippen LogP contribution >= 0.6 is 0 Å². The van der Waals surface area contributed by atoms with Gasteiger partial charge in [-0.1, -0.05) is 12.1 Å². The number of sulfone groups is 4. The van der Waals surface area contributed by atoms with Gasteiger partial charge in [0.1, 0.15) is 11.3 Å². The summed E-state index contributed by atoms with van der Waals surface area (Å²) in [7, 11) is -18.6. The number of aromatic amines is 1. The number of fused-ring (bicyclic) bond motifs is 1. The van der Waals surface area contributed by atoms with Gasteiger partial charge < -0.3 is 15.4 Å². The number of H-pyrrole nitrogens is 1. The lowest BCUT2D eigenvalue weighted by Crippen LogP contribution is -2.42. The Labute approximate surface area is 237 Å². The summed E-state index contributed by atoms with van der Waals surface area (Å²) in [5, 5.41) is 13.2. The Morgan fingerprint density at radius 3 is 1.73 bits per heavy atom. The number of carbonyl (C=O) groups is 1. The van der Waals surface area contributed by atoms with E-state index in [0.29, 0.717) is 42.7 Å². The molecule has 2 aromatic carbocycles. The summed E-state index contributed by atoms with van der Waals surface area (Å²) in [4.78, 5) is 29.0. The summed E-state index contributed by atoms with van der Waals surface area (Å²) in [5.74, 6) is -2.15. The van der Waals surface area contributed by atoms with E-state index in [1.54, 1.807) is 18.2 Å². The number of phenols is 1. The molecule has 0 unspecified atom stereocenters. The van der Waals surface area contributed by atoms with Crippen molar-refractivity contribution in [2.75, 3.05) is 30.3 Å². The lowest BCUT2D eigenvalue weighted by Gasteiger charge is -2.32. The van der Waals surface area contributed by atoms with Gasteiger partial charge in [0.15, 0.2) is 47.5 Å². The number of amides is 1. The molecule has 0 saturated heterocycles. The normalized spacial score (nSPS) is 13.7. The lowest BCUT2D eigenvalue weighted by molar-refractivity contribution is 0.102. The minimum atomic E-state index is -4.67. The first kappa shape index (κ1) is 32.2. The van der Waals surface area contributed by atoms with Crippen LogP contribution in [0.2, 0.25) is 0 Å². The van der Waals surface area contributed by atoms with Crippen LogP contribution in [0.4, 0.5) is 5.69 Å². The molecule has 17 heteroatoms. The molecule has 3 N–H and O–H groups in total. The van der Waals surface area contributed by atoms with Crippen LogP contribution in [0.15, 0.2) is 47.4 Å². The zero-order valence-corrected chi connectivity index (χ0v) is 26.0. The van der Waals surface area contributed by atoms with Gasteiger partial charge in [0.25, 0.3) is 5.91 Å². The topological polar surface area (TPSA) is 219 Å². The highest BCUT2D eigenvalue weighted by molar-refractivity contribution is 8.09. The fraction of sp³-hybridized carbons (Fsp3) is 0.333. The zero-order chi connectivity index (χ0) is 31.6. The van der Waals surface area contributed by atoms with Crippen molar-refractivity contribution < 1.29 is 43.6 Å². The molecule has 0 spiro atoms. The molecule has 41 heavy (non-hydrogen) atoms. The van der Waals surface area contributed by atoms with E-state index in [4.69, 9.17) is 0 Å². The molecule has 13 nitrogen and oxygen atoms in total. The molecular weight excluding hydrogens is 621 g/mol. The van der Waals surface area contributed by atoms with E-state index in [9.17, 15) is 48.4 Å². The molecule has 0 aliphatic heterocycles. The number of aromatic nitrogens is 1. The number of pyridine rings is 1. The van der Waals surface area contributed by atoms with Gasteiger partial charge in [-0.2, -0.15) is 0 Å². The predicted octanol–water partition coefficient (Wildman–Crippen LogP) is 1.01. The fourth-order valence-electron chi connectivity index (χ4n) is 4.31. The van der Waals surface area contributed by atoms with Gasteiger partial charge in [-0.3, -0.25) is 9.59 Å². The van der Waals surface area contributed by atoms with Gasteiger partial charge in [0, 0.05) is 59.3 Å². The summed E-state index contributed by atoms with van der Waals surface area (Å²) in [6.45, 7) is 1.52. The number of hydrogen-bond acceptors (Lipinski definition) is 11.